The van der Waals surface area contributed by atoms with Crippen LogP contribution < -0.4 is 15.4 Å². The molecule has 140 valence electrons. The van der Waals surface area contributed by atoms with Gasteiger partial charge in [-0.15, -0.1) is 0 Å². The van der Waals surface area contributed by atoms with Crippen LogP contribution in [0.25, 0.3) is 5.82 Å². The smallest absolute Gasteiger partial charge is 0.256 e. The largest absolute Gasteiger partial charge is 0.480 e. The zero-order valence-corrected chi connectivity index (χ0v) is 15.4. The average molecular weight is 367 g/mol. The van der Waals surface area contributed by atoms with Crippen molar-refractivity contribution in [3.05, 3.63) is 54.0 Å². The normalized spacial score (nSPS) is 10.5. The van der Waals surface area contributed by atoms with Gasteiger partial charge in [-0.2, -0.15) is 0 Å². The van der Waals surface area contributed by atoms with Gasteiger partial charge in [-0.1, -0.05) is 0 Å². The third kappa shape index (κ3) is 4.38. The zero-order chi connectivity index (χ0) is 19.2. The monoisotopic (exact) mass is 367 g/mol. The number of rotatable bonds is 7. The van der Waals surface area contributed by atoms with Crippen molar-refractivity contribution in [1.29, 1.82) is 0 Å². The van der Waals surface area contributed by atoms with Crippen LogP contribution in [0, 0.1) is 13.8 Å². The summed E-state index contributed by atoms with van der Waals surface area (Å²) in [6.07, 6.45) is 5.15. The molecule has 9 nitrogen and oxygen atoms in total. The summed E-state index contributed by atoms with van der Waals surface area (Å²) in [6, 6.07) is 5.20. The van der Waals surface area contributed by atoms with E-state index in [1.165, 1.54) is 7.11 Å². The molecule has 0 aromatic carbocycles. The third-order valence-electron chi connectivity index (χ3n) is 3.82. The number of imidazole rings is 1. The van der Waals surface area contributed by atoms with Gasteiger partial charge in [0.05, 0.1) is 7.11 Å². The molecule has 0 saturated heterocycles. The first-order valence-corrected chi connectivity index (χ1v) is 8.45. The van der Waals surface area contributed by atoms with Crippen LogP contribution in [0.15, 0.2) is 36.8 Å². The molecule has 0 bridgehead atoms. The predicted molar refractivity (Wildman–Crippen MR) is 100 cm³/mol. The number of ether oxygens (including phenoxy) is 1. The molecule has 3 heterocycles. The van der Waals surface area contributed by atoms with Crippen LogP contribution in [0.2, 0.25) is 0 Å². The molecule has 2 N–H and O–H groups in total. The lowest BCUT2D eigenvalue weighted by molar-refractivity contribution is 0.0951. The summed E-state index contributed by atoms with van der Waals surface area (Å²) in [5.41, 5.74) is 0.399. The molecular formula is C18H21N7O2. The van der Waals surface area contributed by atoms with Crippen molar-refractivity contribution in [2.75, 3.05) is 25.5 Å². The van der Waals surface area contributed by atoms with Crippen LogP contribution in [0.3, 0.4) is 0 Å². The van der Waals surface area contributed by atoms with Gasteiger partial charge in [0.25, 0.3) is 5.91 Å². The molecule has 0 unspecified atom stereocenters. The van der Waals surface area contributed by atoms with Crippen molar-refractivity contribution in [3.8, 4) is 11.7 Å². The summed E-state index contributed by atoms with van der Waals surface area (Å²) in [7, 11) is 1.48. The predicted octanol–water partition coefficient (Wildman–Crippen LogP) is 1.52. The van der Waals surface area contributed by atoms with Crippen LogP contribution in [0.1, 0.15) is 22.0 Å². The van der Waals surface area contributed by atoms with Gasteiger partial charge in [0, 0.05) is 37.7 Å². The molecule has 9 heteroatoms. The second kappa shape index (κ2) is 8.26. The van der Waals surface area contributed by atoms with Crippen molar-refractivity contribution in [2.45, 2.75) is 13.8 Å². The van der Waals surface area contributed by atoms with E-state index in [4.69, 9.17) is 4.74 Å². The number of hydrogen-bond donors (Lipinski definition) is 2. The Kier molecular flexibility index (Phi) is 5.60. The molecule has 0 aliphatic heterocycles. The van der Waals surface area contributed by atoms with Gasteiger partial charge in [0.1, 0.15) is 28.8 Å². The molecule has 3 aromatic rings. The van der Waals surface area contributed by atoms with Crippen molar-refractivity contribution >= 4 is 11.7 Å². The summed E-state index contributed by atoms with van der Waals surface area (Å²) >= 11 is 0. The van der Waals surface area contributed by atoms with Crippen molar-refractivity contribution < 1.29 is 9.53 Å². The van der Waals surface area contributed by atoms with E-state index in [-0.39, 0.29) is 5.91 Å². The minimum atomic E-state index is -0.240. The summed E-state index contributed by atoms with van der Waals surface area (Å²) in [4.78, 5) is 29.3. The standard InChI is InChI=1S/C18H21N7O2/c1-12-23-15(11-16(24-12)25-10-9-19-13(25)2)20-7-8-21-17(26)14-5-4-6-22-18(14)27-3/h4-6,9-11H,7-8H2,1-3H3,(H,21,26)(H,20,23,24). The number of carbonyl (C=O) groups is 1. The van der Waals surface area contributed by atoms with E-state index in [1.54, 1.807) is 24.5 Å². The Morgan fingerprint density at radius 3 is 2.78 bits per heavy atom. The average Bonchev–Trinajstić information content (AvgIpc) is 3.10. The maximum Gasteiger partial charge on any atom is 0.256 e. The third-order valence-corrected chi connectivity index (χ3v) is 3.82. The van der Waals surface area contributed by atoms with E-state index in [9.17, 15) is 4.79 Å². The van der Waals surface area contributed by atoms with Crippen molar-refractivity contribution in [3.63, 3.8) is 0 Å². The van der Waals surface area contributed by atoms with E-state index in [1.807, 2.05) is 30.7 Å². The van der Waals surface area contributed by atoms with Crippen LogP contribution in [-0.2, 0) is 0 Å². The molecule has 0 aliphatic carbocycles. The van der Waals surface area contributed by atoms with Crippen LogP contribution in [0.4, 0.5) is 5.82 Å². The highest BCUT2D eigenvalue weighted by molar-refractivity contribution is 5.96. The van der Waals surface area contributed by atoms with Gasteiger partial charge in [-0.25, -0.2) is 19.9 Å². The first-order valence-electron chi connectivity index (χ1n) is 8.45. The summed E-state index contributed by atoms with van der Waals surface area (Å²) < 4.78 is 6.99. The van der Waals surface area contributed by atoms with Gasteiger partial charge in [-0.05, 0) is 26.0 Å². The number of hydrogen-bond acceptors (Lipinski definition) is 7. The highest BCUT2D eigenvalue weighted by atomic mass is 16.5. The Morgan fingerprint density at radius 1 is 1.19 bits per heavy atom. The fourth-order valence-corrected chi connectivity index (χ4v) is 2.57. The maximum absolute atomic E-state index is 12.2. The first-order chi connectivity index (χ1) is 13.1. The zero-order valence-electron chi connectivity index (χ0n) is 15.4. The molecule has 0 saturated carbocycles. The molecule has 27 heavy (non-hydrogen) atoms. The molecule has 1 amide bonds. The van der Waals surface area contributed by atoms with E-state index < -0.39 is 0 Å². The lowest BCUT2D eigenvalue weighted by Gasteiger charge is -2.11. The van der Waals surface area contributed by atoms with Crippen molar-refractivity contribution in [1.82, 2.24) is 29.8 Å². The number of aromatic nitrogens is 5. The van der Waals surface area contributed by atoms with E-state index in [2.05, 4.69) is 30.6 Å². The molecular weight excluding hydrogens is 346 g/mol. The Bertz CT molecular complexity index is 939. The van der Waals surface area contributed by atoms with E-state index >= 15 is 0 Å². The second-order valence-corrected chi connectivity index (χ2v) is 5.75. The lowest BCUT2D eigenvalue weighted by Crippen LogP contribution is -2.29. The van der Waals surface area contributed by atoms with Crippen LogP contribution >= 0.6 is 0 Å². The number of anilines is 1. The molecule has 0 atom stereocenters. The van der Waals surface area contributed by atoms with Gasteiger partial charge >= 0.3 is 0 Å². The fourth-order valence-electron chi connectivity index (χ4n) is 2.57. The SMILES string of the molecule is COc1ncccc1C(=O)NCCNc1cc(-n2ccnc2C)nc(C)n1. The number of carbonyl (C=O) groups excluding carboxylic acids is 1. The molecule has 3 aromatic heterocycles. The van der Waals surface area contributed by atoms with Gasteiger partial charge < -0.3 is 15.4 Å². The Hall–Kier alpha value is -3.49. The van der Waals surface area contributed by atoms with Gasteiger partial charge in [0.15, 0.2) is 0 Å². The molecule has 0 aliphatic rings. The molecule has 0 fully saturated rings. The highest BCUT2D eigenvalue weighted by Gasteiger charge is 2.12. The first kappa shape index (κ1) is 18.3. The number of nitrogens with zero attached hydrogens (tertiary/aromatic N) is 5. The topological polar surface area (TPSA) is 107 Å². The Labute approximate surface area is 156 Å². The molecule has 0 spiro atoms. The summed E-state index contributed by atoms with van der Waals surface area (Å²) in [6.45, 7) is 4.66. The summed E-state index contributed by atoms with van der Waals surface area (Å²) in [5, 5.41) is 6.03. The number of amides is 1. The molecule has 3 rings (SSSR count). The van der Waals surface area contributed by atoms with Crippen LogP contribution in [-0.4, -0.2) is 50.6 Å². The van der Waals surface area contributed by atoms with Crippen molar-refractivity contribution in [2.24, 2.45) is 0 Å². The number of nitrogens with one attached hydrogen (secondary N) is 2. The second-order valence-electron chi connectivity index (χ2n) is 5.75. The quantitative estimate of drug-likeness (QED) is 0.610. The van der Waals surface area contributed by atoms with Gasteiger partial charge in [-0.3, -0.25) is 9.36 Å². The summed E-state index contributed by atoms with van der Waals surface area (Å²) in [5.74, 6) is 2.97. The van der Waals surface area contributed by atoms with E-state index in [0.29, 0.717) is 36.2 Å². The van der Waals surface area contributed by atoms with Crippen LogP contribution in [0.5, 0.6) is 5.88 Å². The minimum absolute atomic E-state index is 0.240. The van der Waals surface area contributed by atoms with Gasteiger partial charge in [0.2, 0.25) is 5.88 Å². The lowest BCUT2D eigenvalue weighted by atomic mass is 10.2. The Morgan fingerprint density at radius 2 is 2.04 bits per heavy atom. The number of pyridine rings is 1. The minimum Gasteiger partial charge on any atom is -0.480 e. The van der Waals surface area contributed by atoms with E-state index in [0.717, 1.165) is 11.6 Å². The fraction of sp³-hybridized carbons (Fsp3) is 0.278. The maximum atomic E-state index is 12.2. The Balaban J connectivity index is 1.59. The highest BCUT2D eigenvalue weighted by Crippen LogP contribution is 2.14. The number of aryl methyl sites for hydroxylation is 2. The molecule has 0 radical (unpaired) electrons. The number of methoxy groups -OCH3 is 1.